The molecule has 1 amide bonds. The van der Waals surface area contributed by atoms with Gasteiger partial charge in [-0.2, -0.15) is 0 Å². The molecule has 0 fully saturated rings. The molecule has 2 aromatic carbocycles. The molecule has 0 radical (unpaired) electrons. The van der Waals surface area contributed by atoms with Crippen molar-refractivity contribution in [2.75, 3.05) is 11.3 Å². The summed E-state index contributed by atoms with van der Waals surface area (Å²) in [5, 5.41) is 0. The van der Waals surface area contributed by atoms with Crippen molar-refractivity contribution in [3.8, 4) is 0 Å². The summed E-state index contributed by atoms with van der Waals surface area (Å²) in [5.74, 6) is -1.62. The number of hydrogen-bond acceptors (Lipinski definition) is 5. The maximum Gasteiger partial charge on any atom is 0.338 e. The summed E-state index contributed by atoms with van der Waals surface area (Å²) >= 11 is 0. The zero-order chi connectivity index (χ0) is 19.9. The number of rotatable bonds is 9. The molecule has 27 heavy (non-hydrogen) atoms. The standard InChI is InChI=1S/C19H22N2O5S/c1-2-3-5-14-8-10-16(11-9-14)21-27(24,25)17-7-4-6-15(12-17)19(23)26-13-18(20)22/h4,6-12,21H,2-3,5,13H2,1H3,(H2,20,22). The highest BCUT2D eigenvalue weighted by atomic mass is 32.2. The lowest BCUT2D eigenvalue weighted by Gasteiger charge is -2.10. The van der Waals surface area contributed by atoms with Gasteiger partial charge in [-0.15, -0.1) is 0 Å². The van der Waals surface area contributed by atoms with E-state index in [-0.39, 0.29) is 10.5 Å². The Balaban J connectivity index is 2.13. The fourth-order valence-electron chi connectivity index (χ4n) is 2.34. The number of aryl methyl sites for hydroxylation is 1. The van der Waals surface area contributed by atoms with Gasteiger partial charge >= 0.3 is 5.97 Å². The molecule has 0 aromatic heterocycles. The zero-order valence-corrected chi connectivity index (χ0v) is 15.8. The van der Waals surface area contributed by atoms with Gasteiger partial charge in [0.05, 0.1) is 10.5 Å². The van der Waals surface area contributed by atoms with Gasteiger partial charge in [-0.25, -0.2) is 13.2 Å². The molecule has 0 aliphatic rings. The summed E-state index contributed by atoms with van der Waals surface area (Å²) < 4.78 is 32.3. The van der Waals surface area contributed by atoms with E-state index in [1.54, 1.807) is 12.1 Å². The number of ether oxygens (including phenoxy) is 1. The van der Waals surface area contributed by atoms with Crippen LogP contribution in [0.15, 0.2) is 53.4 Å². The van der Waals surface area contributed by atoms with E-state index >= 15 is 0 Å². The van der Waals surface area contributed by atoms with Crippen LogP contribution in [0.3, 0.4) is 0 Å². The van der Waals surface area contributed by atoms with Crippen molar-refractivity contribution in [3.05, 3.63) is 59.7 Å². The van der Waals surface area contributed by atoms with Crippen molar-refractivity contribution in [2.45, 2.75) is 31.1 Å². The molecule has 0 atom stereocenters. The summed E-state index contributed by atoms with van der Waals surface area (Å²) in [6.07, 6.45) is 3.11. The molecule has 0 saturated carbocycles. The van der Waals surface area contributed by atoms with E-state index in [1.165, 1.54) is 24.3 Å². The third kappa shape index (κ3) is 6.10. The maximum atomic E-state index is 12.6. The van der Waals surface area contributed by atoms with Gasteiger partial charge in [-0.3, -0.25) is 9.52 Å². The SMILES string of the molecule is CCCCc1ccc(NS(=O)(=O)c2cccc(C(=O)OCC(N)=O)c2)cc1. The van der Waals surface area contributed by atoms with E-state index in [0.29, 0.717) is 5.69 Å². The van der Waals surface area contributed by atoms with E-state index in [1.807, 2.05) is 12.1 Å². The minimum atomic E-state index is -3.88. The highest BCUT2D eigenvalue weighted by Gasteiger charge is 2.17. The van der Waals surface area contributed by atoms with Crippen molar-refractivity contribution >= 4 is 27.6 Å². The van der Waals surface area contributed by atoms with E-state index in [2.05, 4.69) is 11.6 Å². The highest BCUT2D eigenvalue weighted by molar-refractivity contribution is 7.92. The number of unbranched alkanes of at least 4 members (excludes halogenated alkanes) is 1. The van der Waals surface area contributed by atoms with Crippen LogP contribution in [0, 0.1) is 0 Å². The van der Waals surface area contributed by atoms with Gasteiger partial charge in [0.15, 0.2) is 6.61 Å². The summed E-state index contributed by atoms with van der Waals surface area (Å²) in [4.78, 5) is 22.5. The van der Waals surface area contributed by atoms with E-state index in [9.17, 15) is 18.0 Å². The number of hydrogen-bond donors (Lipinski definition) is 2. The number of carbonyl (C=O) groups excluding carboxylic acids is 2. The Kier molecular flexibility index (Phi) is 6.95. The van der Waals surface area contributed by atoms with Crippen LogP contribution >= 0.6 is 0 Å². The van der Waals surface area contributed by atoms with Gasteiger partial charge < -0.3 is 10.5 Å². The number of amides is 1. The second-order valence-corrected chi connectivity index (χ2v) is 7.66. The number of nitrogens with one attached hydrogen (secondary N) is 1. The first-order chi connectivity index (χ1) is 12.8. The molecule has 2 aromatic rings. The Morgan fingerprint density at radius 3 is 2.44 bits per heavy atom. The normalized spacial score (nSPS) is 11.0. The topological polar surface area (TPSA) is 116 Å². The number of nitrogens with two attached hydrogens (primary N) is 1. The first-order valence-corrected chi connectivity index (χ1v) is 9.97. The third-order valence-corrected chi connectivity index (χ3v) is 5.13. The predicted molar refractivity (Wildman–Crippen MR) is 102 cm³/mol. The van der Waals surface area contributed by atoms with Crippen LogP contribution in [-0.4, -0.2) is 26.9 Å². The first-order valence-electron chi connectivity index (χ1n) is 8.49. The lowest BCUT2D eigenvalue weighted by atomic mass is 10.1. The summed E-state index contributed by atoms with van der Waals surface area (Å²) in [6, 6.07) is 12.5. The van der Waals surface area contributed by atoms with Crippen LogP contribution in [0.2, 0.25) is 0 Å². The molecule has 144 valence electrons. The molecule has 7 nitrogen and oxygen atoms in total. The average Bonchev–Trinajstić information content (AvgIpc) is 2.65. The van der Waals surface area contributed by atoms with Crippen molar-refractivity contribution in [1.82, 2.24) is 0 Å². The van der Waals surface area contributed by atoms with E-state index < -0.39 is 28.5 Å². The van der Waals surface area contributed by atoms with Crippen LogP contribution in [-0.2, 0) is 26.0 Å². The lowest BCUT2D eigenvalue weighted by Crippen LogP contribution is -2.21. The molecule has 0 saturated heterocycles. The Bertz CT molecular complexity index is 908. The maximum absolute atomic E-state index is 12.6. The molecular formula is C19H22N2O5S. The van der Waals surface area contributed by atoms with Crippen LogP contribution < -0.4 is 10.5 Å². The fourth-order valence-corrected chi connectivity index (χ4v) is 3.45. The van der Waals surface area contributed by atoms with Gasteiger partial charge in [0, 0.05) is 5.69 Å². The monoisotopic (exact) mass is 390 g/mol. The molecule has 0 heterocycles. The van der Waals surface area contributed by atoms with Crippen LogP contribution in [0.5, 0.6) is 0 Å². The zero-order valence-electron chi connectivity index (χ0n) is 15.0. The average molecular weight is 390 g/mol. The minimum Gasteiger partial charge on any atom is -0.452 e. The molecule has 2 rings (SSSR count). The largest absolute Gasteiger partial charge is 0.452 e. The molecule has 0 unspecified atom stereocenters. The third-order valence-electron chi connectivity index (χ3n) is 3.75. The quantitative estimate of drug-likeness (QED) is 0.638. The molecular weight excluding hydrogens is 368 g/mol. The molecule has 3 N–H and O–H groups in total. The van der Waals surface area contributed by atoms with Crippen molar-refractivity contribution in [2.24, 2.45) is 5.73 Å². The van der Waals surface area contributed by atoms with Crippen LogP contribution in [0.4, 0.5) is 5.69 Å². The predicted octanol–water partition coefficient (Wildman–Crippen LogP) is 2.47. The Morgan fingerprint density at radius 2 is 1.81 bits per heavy atom. The smallest absolute Gasteiger partial charge is 0.338 e. The van der Waals surface area contributed by atoms with Crippen LogP contribution in [0.1, 0.15) is 35.7 Å². The highest BCUT2D eigenvalue weighted by Crippen LogP contribution is 2.19. The molecule has 0 spiro atoms. The number of esters is 1. The summed E-state index contributed by atoms with van der Waals surface area (Å²) in [5.41, 5.74) is 6.49. The number of benzene rings is 2. The summed E-state index contributed by atoms with van der Waals surface area (Å²) in [7, 11) is -3.88. The van der Waals surface area contributed by atoms with Gasteiger partial charge in [0.2, 0.25) is 0 Å². The molecule has 0 bridgehead atoms. The van der Waals surface area contributed by atoms with Gasteiger partial charge in [-0.05, 0) is 48.7 Å². The van der Waals surface area contributed by atoms with E-state index in [4.69, 9.17) is 10.5 Å². The number of primary amides is 1. The van der Waals surface area contributed by atoms with Gasteiger partial charge in [0.25, 0.3) is 15.9 Å². The second kappa shape index (κ2) is 9.18. The van der Waals surface area contributed by atoms with Crippen molar-refractivity contribution in [3.63, 3.8) is 0 Å². The van der Waals surface area contributed by atoms with Crippen molar-refractivity contribution < 1.29 is 22.7 Å². The number of carbonyl (C=O) groups is 2. The Morgan fingerprint density at radius 1 is 1.11 bits per heavy atom. The Labute approximate surface area is 158 Å². The number of sulfonamides is 1. The lowest BCUT2D eigenvalue weighted by molar-refractivity contribution is -0.121. The fraction of sp³-hybridized carbons (Fsp3) is 0.263. The summed E-state index contributed by atoms with van der Waals surface area (Å²) in [6.45, 7) is 1.54. The second-order valence-electron chi connectivity index (χ2n) is 5.98. The molecule has 0 aliphatic carbocycles. The van der Waals surface area contributed by atoms with Gasteiger partial charge in [0.1, 0.15) is 0 Å². The van der Waals surface area contributed by atoms with Crippen molar-refractivity contribution in [1.29, 1.82) is 0 Å². The first kappa shape index (κ1) is 20.4. The van der Waals surface area contributed by atoms with Crippen LogP contribution in [0.25, 0.3) is 0 Å². The van der Waals surface area contributed by atoms with E-state index in [0.717, 1.165) is 24.8 Å². The Hall–Kier alpha value is -2.87. The molecule has 0 aliphatic heterocycles. The number of anilines is 1. The minimum absolute atomic E-state index is 0.00837. The van der Waals surface area contributed by atoms with Gasteiger partial charge in [-0.1, -0.05) is 31.5 Å². The molecule has 8 heteroatoms.